The molecule has 0 radical (unpaired) electrons. The highest BCUT2D eigenvalue weighted by Gasteiger charge is 2.31. The molecule has 3 aromatic rings. The van der Waals surface area contributed by atoms with E-state index in [9.17, 15) is 22.8 Å². The van der Waals surface area contributed by atoms with Gasteiger partial charge in [0.05, 0.1) is 16.3 Å². The number of carbonyl (C=O) groups is 2. The average molecular weight is 410 g/mol. The van der Waals surface area contributed by atoms with Crippen LogP contribution < -0.4 is 5.32 Å². The highest BCUT2D eigenvalue weighted by atomic mass is 35.5. The number of imidazole rings is 1. The summed E-state index contributed by atoms with van der Waals surface area (Å²) in [6.07, 6.45) is -0.629. The molecule has 0 spiro atoms. The van der Waals surface area contributed by atoms with Crippen molar-refractivity contribution < 1.29 is 27.9 Å². The van der Waals surface area contributed by atoms with Crippen molar-refractivity contribution in [3.8, 4) is 11.3 Å². The number of amides is 1. The van der Waals surface area contributed by atoms with Crippen LogP contribution in [0.15, 0.2) is 54.9 Å². The average Bonchev–Trinajstić information content (AvgIpc) is 3.05. The number of fused-ring (bicyclic) bond motifs is 1. The van der Waals surface area contributed by atoms with Crippen molar-refractivity contribution in [1.82, 2.24) is 9.38 Å². The van der Waals surface area contributed by atoms with E-state index < -0.39 is 23.6 Å². The monoisotopic (exact) mass is 409 g/mol. The van der Waals surface area contributed by atoms with E-state index in [1.54, 1.807) is 24.3 Å². The normalized spacial score (nSPS) is 11.9. The number of carbonyl (C=O) groups excluding carboxylic acids is 1. The smallest absolute Gasteiger partial charge is 0.417 e. The number of hydrogen-bond acceptors (Lipinski definition) is 3. The van der Waals surface area contributed by atoms with Crippen LogP contribution in [0.2, 0.25) is 5.02 Å². The maximum absolute atomic E-state index is 12.9. The molecule has 0 fully saturated rings. The van der Waals surface area contributed by atoms with Crippen LogP contribution in [0, 0.1) is 0 Å². The van der Waals surface area contributed by atoms with Crippen LogP contribution in [0.3, 0.4) is 0 Å². The number of aromatic nitrogens is 2. The molecule has 0 unspecified atom stereocenters. The minimum Gasteiger partial charge on any atom is -0.478 e. The Morgan fingerprint density at radius 1 is 1.14 bits per heavy atom. The Hall–Kier alpha value is -3.33. The summed E-state index contributed by atoms with van der Waals surface area (Å²) in [6.45, 7) is 0. The number of benzene rings is 1. The third kappa shape index (κ3) is 4.32. The number of hydrogen-bond donors (Lipinski definition) is 2. The van der Waals surface area contributed by atoms with Gasteiger partial charge in [-0.25, -0.2) is 9.78 Å². The lowest BCUT2D eigenvalue weighted by Gasteiger charge is -2.07. The molecule has 1 amide bonds. The van der Waals surface area contributed by atoms with E-state index in [2.05, 4.69) is 10.3 Å². The topological polar surface area (TPSA) is 83.7 Å². The van der Waals surface area contributed by atoms with Gasteiger partial charge in [-0.15, -0.1) is 0 Å². The fourth-order valence-electron chi connectivity index (χ4n) is 2.41. The molecule has 0 atom stereocenters. The molecule has 2 heterocycles. The van der Waals surface area contributed by atoms with Crippen LogP contribution >= 0.6 is 11.6 Å². The number of nitrogens with one attached hydrogen (secondary N) is 1. The highest BCUT2D eigenvalue weighted by molar-refractivity contribution is 6.33. The molecule has 6 nitrogen and oxygen atoms in total. The largest absolute Gasteiger partial charge is 0.478 e. The number of anilines is 1. The van der Waals surface area contributed by atoms with Gasteiger partial charge in [0.1, 0.15) is 0 Å². The van der Waals surface area contributed by atoms with E-state index in [-0.39, 0.29) is 10.7 Å². The van der Waals surface area contributed by atoms with E-state index >= 15 is 0 Å². The molecule has 0 aliphatic rings. The second kappa shape index (κ2) is 7.35. The van der Waals surface area contributed by atoms with Crippen molar-refractivity contribution in [3.63, 3.8) is 0 Å². The van der Waals surface area contributed by atoms with Gasteiger partial charge in [-0.2, -0.15) is 13.2 Å². The number of nitrogens with zero attached hydrogens (tertiary/aromatic N) is 2. The minimum absolute atomic E-state index is 0.129. The summed E-state index contributed by atoms with van der Waals surface area (Å²) >= 11 is 5.92. The molecule has 0 aliphatic carbocycles. The van der Waals surface area contributed by atoms with Crippen LogP contribution in [0.1, 0.15) is 5.56 Å². The fourth-order valence-corrected chi connectivity index (χ4v) is 2.66. The number of carboxylic acid groups (broad SMARTS) is 1. The standard InChI is InChI=1S/C18H11ClF3N3O3/c19-13-7-11(18(20,21)22)8-25-9-14(24-17(13)25)10-1-3-12(4-2-10)23-15(26)5-6-16(27)28/h1-9H,(H,23,26)(H,27,28)/b6-5+. The zero-order chi connectivity index (χ0) is 20.5. The first-order chi connectivity index (χ1) is 13.1. The minimum atomic E-state index is -4.53. The van der Waals surface area contributed by atoms with E-state index in [0.717, 1.165) is 18.3 Å². The number of pyridine rings is 1. The van der Waals surface area contributed by atoms with Crippen LogP contribution in [-0.2, 0) is 15.8 Å². The van der Waals surface area contributed by atoms with Gasteiger partial charge in [-0.05, 0) is 18.2 Å². The molecule has 2 N–H and O–H groups in total. The second-order valence-electron chi connectivity index (χ2n) is 5.67. The third-order valence-electron chi connectivity index (χ3n) is 3.66. The molecule has 0 bridgehead atoms. The van der Waals surface area contributed by atoms with Crippen molar-refractivity contribution in [2.24, 2.45) is 0 Å². The predicted molar refractivity (Wildman–Crippen MR) is 96.0 cm³/mol. The first-order valence-electron chi connectivity index (χ1n) is 7.71. The fraction of sp³-hybridized carbons (Fsp3) is 0.0556. The molecule has 1 aromatic carbocycles. The lowest BCUT2D eigenvalue weighted by atomic mass is 10.1. The van der Waals surface area contributed by atoms with Gasteiger partial charge >= 0.3 is 12.1 Å². The Morgan fingerprint density at radius 2 is 1.82 bits per heavy atom. The summed E-state index contributed by atoms with van der Waals surface area (Å²) in [6, 6.07) is 7.13. The Balaban J connectivity index is 1.86. The summed E-state index contributed by atoms with van der Waals surface area (Å²) in [5, 5.41) is 10.8. The van der Waals surface area contributed by atoms with Gasteiger partial charge < -0.3 is 14.8 Å². The summed E-state index contributed by atoms with van der Waals surface area (Å²) in [7, 11) is 0. The molecule has 144 valence electrons. The maximum atomic E-state index is 12.9. The molecule has 0 saturated heterocycles. The summed E-state index contributed by atoms with van der Waals surface area (Å²) in [5.74, 6) is -1.86. The van der Waals surface area contributed by atoms with Crippen LogP contribution in [0.5, 0.6) is 0 Å². The molecule has 0 aliphatic heterocycles. The summed E-state index contributed by atoms with van der Waals surface area (Å²) < 4.78 is 39.9. The van der Waals surface area contributed by atoms with Crippen molar-refractivity contribution in [3.05, 3.63) is 65.5 Å². The van der Waals surface area contributed by atoms with E-state index in [4.69, 9.17) is 16.7 Å². The maximum Gasteiger partial charge on any atom is 0.417 e. The highest BCUT2D eigenvalue weighted by Crippen LogP contribution is 2.33. The number of rotatable bonds is 4. The molecule has 0 saturated carbocycles. The Kier molecular flexibility index (Phi) is 5.10. The Bertz CT molecular complexity index is 1090. The first kappa shape index (κ1) is 19.4. The van der Waals surface area contributed by atoms with Gasteiger partial charge in [0.2, 0.25) is 5.91 Å². The van der Waals surface area contributed by atoms with Gasteiger partial charge in [0.15, 0.2) is 5.65 Å². The predicted octanol–water partition coefficient (Wildman–Crippen LogP) is 4.25. The molecule has 3 rings (SSSR count). The molecular weight excluding hydrogens is 399 g/mol. The van der Waals surface area contributed by atoms with E-state index in [0.29, 0.717) is 23.0 Å². The van der Waals surface area contributed by atoms with Gasteiger partial charge in [-0.1, -0.05) is 23.7 Å². The number of halogens is 4. The third-order valence-corrected chi connectivity index (χ3v) is 3.94. The molecule has 10 heteroatoms. The van der Waals surface area contributed by atoms with Crippen molar-refractivity contribution in [1.29, 1.82) is 0 Å². The molecule has 2 aromatic heterocycles. The number of alkyl halides is 3. The van der Waals surface area contributed by atoms with Gasteiger partial charge in [-0.3, -0.25) is 4.79 Å². The van der Waals surface area contributed by atoms with Gasteiger partial charge in [0.25, 0.3) is 0 Å². The van der Waals surface area contributed by atoms with E-state index in [1.807, 2.05) is 0 Å². The van der Waals surface area contributed by atoms with Crippen molar-refractivity contribution in [2.45, 2.75) is 6.18 Å². The number of aliphatic carboxylic acids is 1. The first-order valence-corrected chi connectivity index (χ1v) is 8.09. The number of carboxylic acids is 1. The van der Waals surface area contributed by atoms with Crippen LogP contribution in [0.25, 0.3) is 16.9 Å². The SMILES string of the molecule is O=C(O)/C=C/C(=O)Nc1ccc(-c2cn3cc(C(F)(F)F)cc(Cl)c3n2)cc1. The molecular formula is C18H11ClF3N3O3. The van der Waals surface area contributed by atoms with Crippen LogP contribution in [0.4, 0.5) is 18.9 Å². The molecule has 28 heavy (non-hydrogen) atoms. The summed E-state index contributed by atoms with van der Waals surface area (Å²) in [4.78, 5) is 26.2. The lowest BCUT2D eigenvalue weighted by Crippen LogP contribution is -2.08. The lowest BCUT2D eigenvalue weighted by molar-refractivity contribution is -0.138. The second-order valence-corrected chi connectivity index (χ2v) is 6.08. The Labute approximate surface area is 160 Å². The Morgan fingerprint density at radius 3 is 2.43 bits per heavy atom. The van der Waals surface area contributed by atoms with Crippen molar-refractivity contribution >= 4 is 34.8 Å². The summed E-state index contributed by atoms with van der Waals surface area (Å²) in [5.41, 5.74) is 0.685. The quantitative estimate of drug-likeness (QED) is 0.631. The van der Waals surface area contributed by atoms with Gasteiger partial charge in [0, 0.05) is 35.8 Å². The van der Waals surface area contributed by atoms with E-state index in [1.165, 1.54) is 10.6 Å². The zero-order valence-corrected chi connectivity index (χ0v) is 14.6. The van der Waals surface area contributed by atoms with Crippen molar-refractivity contribution in [2.75, 3.05) is 5.32 Å². The van der Waals surface area contributed by atoms with Crippen LogP contribution in [-0.4, -0.2) is 26.4 Å². The zero-order valence-electron chi connectivity index (χ0n) is 13.9.